The number of likely N-dealkylation sites (tertiary alicyclic amines) is 1. The third kappa shape index (κ3) is 3.31. The van der Waals surface area contributed by atoms with E-state index in [1.807, 2.05) is 6.07 Å². The Balaban J connectivity index is 1.94. The first-order valence-electron chi connectivity index (χ1n) is 8.21. The molecule has 0 bridgehead atoms. The van der Waals surface area contributed by atoms with Gasteiger partial charge in [0.2, 0.25) is 0 Å². The number of ketones is 1. The third-order valence-electron chi connectivity index (χ3n) is 4.42. The van der Waals surface area contributed by atoms with Gasteiger partial charge < -0.3 is 9.64 Å². The molecule has 5 heteroatoms. The van der Waals surface area contributed by atoms with Crippen molar-refractivity contribution in [3.05, 3.63) is 71.3 Å². The molecule has 25 heavy (non-hydrogen) atoms. The van der Waals surface area contributed by atoms with E-state index in [2.05, 4.69) is 0 Å². The molecule has 0 aliphatic carbocycles. The minimum atomic E-state index is -0.586. The van der Waals surface area contributed by atoms with E-state index in [0.717, 1.165) is 6.42 Å². The van der Waals surface area contributed by atoms with E-state index in [4.69, 9.17) is 4.74 Å². The molecule has 2 aromatic rings. The SMILES string of the molecule is COC(=O)[C@@H]1CCCN1C(=O)c1ccccc1C(=O)c1ccccc1. The number of methoxy groups -OCH3 is 1. The van der Waals surface area contributed by atoms with E-state index in [-0.39, 0.29) is 11.7 Å². The number of benzene rings is 2. The predicted octanol–water partition coefficient (Wildman–Crippen LogP) is 2.70. The lowest BCUT2D eigenvalue weighted by atomic mass is 9.97. The first-order chi connectivity index (χ1) is 12.1. The highest BCUT2D eigenvalue weighted by Crippen LogP contribution is 2.23. The van der Waals surface area contributed by atoms with Gasteiger partial charge in [-0.1, -0.05) is 48.5 Å². The molecule has 1 heterocycles. The van der Waals surface area contributed by atoms with Gasteiger partial charge in [-0.05, 0) is 18.9 Å². The highest BCUT2D eigenvalue weighted by molar-refractivity contribution is 6.15. The van der Waals surface area contributed by atoms with Crippen molar-refractivity contribution in [1.29, 1.82) is 0 Å². The smallest absolute Gasteiger partial charge is 0.328 e. The van der Waals surface area contributed by atoms with E-state index < -0.39 is 12.0 Å². The zero-order valence-electron chi connectivity index (χ0n) is 14.0. The molecule has 1 atom stereocenters. The second kappa shape index (κ2) is 7.30. The highest BCUT2D eigenvalue weighted by Gasteiger charge is 2.36. The Kier molecular flexibility index (Phi) is 4.93. The fraction of sp³-hybridized carbons (Fsp3) is 0.250. The Morgan fingerprint density at radius 3 is 2.28 bits per heavy atom. The van der Waals surface area contributed by atoms with Gasteiger partial charge in [0.25, 0.3) is 5.91 Å². The quantitative estimate of drug-likeness (QED) is 0.636. The van der Waals surface area contributed by atoms with Crippen LogP contribution in [0, 0.1) is 0 Å². The van der Waals surface area contributed by atoms with Gasteiger partial charge in [-0.25, -0.2) is 4.79 Å². The van der Waals surface area contributed by atoms with E-state index >= 15 is 0 Å². The summed E-state index contributed by atoms with van der Waals surface area (Å²) >= 11 is 0. The van der Waals surface area contributed by atoms with Crippen LogP contribution in [0.1, 0.15) is 39.1 Å². The summed E-state index contributed by atoms with van der Waals surface area (Å²) in [6, 6.07) is 15.0. The van der Waals surface area contributed by atoms with Crippen molar-refractivity contribution in [3.63, 3.8) is 0 Å². The number of nitrogens with zero attached hydrogens (tertiary/aromatic N) is 1. The fourth-order valence-corrected chi connectivity index (χ4v) is 3.16. The summed E-state index contributed by atoms with van der Waals surface area (Å²) in [7, 11) is 1.32. The lowest BCUT2D eigenvalue weighted by molar-refractivity contribution is -0.145. The number of carbonyl (C=O) groups excluding carboxylic acids is 3. The molecular weight excluding hydrogens is 318 g/mol. The molecule has 1 amide bonds. The summed E-state index contributed by atoms with van der Waals surface area (Å²) in [6.07, 6.45) is 1.31. The number of hydrogen-bond acceptors (Lipinski definition) is 4. The molecule has 1 saturated heterocycles. The molecular formula is C20H19NO4. The van der Waals surface area contributed by atoms with Crippen molar-refractivity contribution in [2.75, 3.05) is 13.7 Å². The number of rotatable bonds is 4. The molecule has 1 aliphatic heterocycles. The standard InChI is InChI=1S/C20H19NO4/c1-25-20(24)17-12-7-13-21(17)19(23)16-11-6-5-10-15(16)18(22)14-8-3-2-4-9-14/h2-6,8-11,17H,7,12-13H2,1H3/t17-/m0/s1. The molecule has 0 N–H and O–H groups in total. The molecule has 128 valence electrons. The maximum absolute atomic E-state index is 13.0. The molecule has 0 unspecified atom stereocenters. The van der Waals surface area contributed by atoms with Crippen molar-refractivity contribution in [2.24, 2.45) is 0 Å². The lowest BCUT2D eigenvalue weighted by Crippen LogP contribution is -2.41. The summed E-state index contributed by atoms with van der Waals surface area (Å²) in [5.74, 6) is -0.941. The minimum absolute atomic E-state index is 0.210. The van der Waals surface area contributed by atoms with Crippen LogP contribution in [-0.4, -0.2) is 42.3 Å². The van der Waals surface area contributed by atoms with E-state index in [1.54, 1.807) is 48.5 Å². The molecule has 0 radical (unpaired) electrons. The van der Waals surface area contributed by atoms with Crippen LogP contribution in [0.5, 0.6) is 0 Å². The summed E-state index contributed by atoms with van der Waals surface area (Å²) in [4.78, 5) is 39.2. The van der Waals surface area contributed by atoms with Gasteiger partial charge in [-0.2, -0.15) is 0 Å². The average molecular weight is 337 g/mol. The summed E-state index contributed by atoms with van der Waals surface area (Å²) in [5, 5.41) is 0. The molecule has 5 nitrogen and oxygen atoms in total. The van der Waals surface area contributed by atoms with Crippen molar-refractivity contribution < 1.29 is 19.1 Å². The van der Waals surface area contributed by atoms with Crippen molar-refractivity contribution >= 4 is 17.7 Å². The van der Waals surface area contributed by atoms with Crippen LogP contribution >= 0.6 is 0 Å². The monoisotopic (exact) mass is 337 g/mol. The van der Waals surface area contributed by atoms with Gasteiger partial charge in [-0.3, -0.25) is 9.59 Å². The van der Waals surface area contributed by atoms with Gasteiger partial charge in [0.1, 0.15) is 6.04 Å². The van der Waals surface area contributed by atoms with Crippen LogP contribution in [0.25, 0.3) is 0 Å². The first kappa shape index (κ1) is 16.9. The Morgan fingerprint density at radius 2 is 1.60 bits per heavy atom. The topological polar surface area (TPSA) is 63.7 Å². The molecule has 0 saturated carbocycles. The van der Waals surface area contributed by atoms with Crippen LogP contribution < -0.4 is 0 Å². The lowest BCUT2D eigenvalue weighted by Gasteiger charge is -2.23. The van der Waals surface area contributed by atoms with Gasteiger partial charge in [0.15, 0.2) is 5.78 Å². The molecule has 0 spiro atoms. The minimum Gasteiger partial charge on any atom is -0.467 e. The average Bonchev–Trinajstić information content (AvgIpc) is 3.16. The molecule has 3 rings (SSSR count). The van der Waals surface area contributed by atoms with Crippen LogP contribution in [0.4, 0.5) is 0 Å². The Morgan fingerprint density at radius 1 is 0.960 bits per heavy atom. The second-order valence-electron chi connectivity index (χ2n) is 5.92. The number of amides is 1. The zero-order valence-corrected chi connectivity index (χ0v) is 14.0. The Bertz CT molecular complexity index is 800. The predicted molar refractivity (Wildman–Crippen MR) is 92.4 cm³/mol. The second-order valence-corrected chi connectivity index (χ2v) is 5.92. The molecule has 2 aromatic carbocycles. The van der Waals surface area contributed by atoms with Crippen LogP contribution in [0.2, 0.25) is 0 Å². The summed E-state index contributed by atoms with van der Waals surface area (Å²) in [5.41, 5.74) is 1.18. The fourth-order valence-electron chi connectivity index (χ4n) is 3.16. The van der Waals surface area contributed by atoms with Gasteiger partial charge >= 0.3 is 5.97 Å². The van der Waals surface area contributed by atoms with Crippen molar-refractivity contribution in [3.8, 4) is 0 Å². The number of esters is 1. The highest BCUT2D eigenvalue weighted by atomic mass is 16.5. The number of carbonyl (C=O) groups is 3. The van der Waals surface area contributed by atoms with Gasteiger partial charge in [-0.15, -0.1) is 0 Å². The van der Waals surface area contributed by atoms with E-state index in [9.17, 15) is 14.4 Å². The maximum atomic E-state index is 13.0. The molecule has 1 fully saturated rings. The van der Waals surface area contributed by atoms with E-state index in [1.165, 1.54) is 12.0 Å². The van der Waals surface area contributed by atoms with Crippen LogP contribution in [0.15, 0.2) is 54.6 Å². The van der Waals surface area contributed by atoms with Crippen molar-refractivity contribution in [2.45, 2.75) is 18.9 Å². The summed E-state index contributed by atoms with van der Waals surface area (Å²) in [6.45, 7) is 0.479. The normalized spacial score (nSPS) is 16.5. The van der Waals surface area contributed by atoms with Crippen molar-refractivity contribution in [1.82, 2.24) is 4.90 Å². The largest absolute Gasteiger partial charge is 0.467 e. The first-order valence-corrected chi connectivity index (χ1v) is 8.21. The zero-order chi connectivity index (χ0) is 17.8. The Labute approximate surface area is 146 Å². The third-order valence-corrected chi connectivity index (χ3v) is 4.42. The van der Waals surface area contributed by atoms with Crippen LogP contribution in [-0.2, 0) is 9.53 Å². The maximum Gasteiger partial charge on any atom is 0.328 e. The Hall–Kier alpha value is -2.95. The van der Waals surface area contributed by atoms with Gasteiger partial charge in [0, 0.05) is 17.7 Å². The number of ether oxygens (including phenoxy) is 1. The van der Waals surface area contributed by atoms with E-state index in [0.29, 0.717) is 29.7 Å². The molecule has 0 aromatic heterocycles. The molecule has 1 aliphatic rings. The van der Waals surface area contributed by atoms with Gasteiger partial charge in [0.05, 0.1) is 12.7 Å². The summed E-state index contributed by atoms with van der Waals surface area (Å²) < 4.78 is 4.80. The number of hydrogen-bond donors (Lipinski definition) is 0. The van der Waals surface area contributed by atoms with Crippen LogP contribution in [0.3, 0.4) is 0 Å².